The van der Waals surface area contributed by atoms with Crippen LogP contribution >= 0.6 is 0 Å². The fraction of sp³-hybridized carbons (Fsp3) is 1.00. The van der Waals surface area contributed by atoms with Gasteiger partial charge in [0.05, 0.1) is 38.4 Å². The highest BCUT2D eigenvalue weighted by Gasteiger charge is 2.20. The molecule has 0 radical (unpaired) electrons. The van der Waals surface area contributed by atoms with Crippen molar-refractivity contribution in [2.45, 2.75) is 109 Å². The topological polar surface area (TPSA) is 113 Å². The number of hydrogen-bond donors (Lipinski definition) is 4. The van der Waals surface area contributed by atoms with E-state index in [2.05, 4.69) is 6.92 Å². The van der Waals surface area contributed by atoms with E-state index in [0.29, 0.717) is 19.4 Å². The van der Waals surface area contributed by atoms with E-state index in [9.17, 15) is 15.4 Å². The number of nitrogens with zero attached hydrogens (tertiary/aromatic N) is 1. The maximum Gasteiger partial charge on any atom is 0.0808 e. The lowest BCUT2D eigenvalue weighted by atomic mass is 10.1. The van der Waals surface area contributed by atoms with Crippen molar-refractivity contribution in [1.29, 1.82) is 0 Å². The maximum atomic E-state index is 12.7. The Morgan fingerprint density at radius 1 is 0.710 bits per heavy atom. The number of unbranched alkanes of at least 4 members (excludes halogenated alkanes) is 9. The summed E-state index contributed by atoms with van der Waals surface area (Å²) in [4.78, 5) is 0. The molecule has 0 heterocycles. The first-order valence-electron chi connectivity index (χ1n) is 12.7. The van der Waals surface area contributed by atoms with E-state index in [-0.39, 0.29) is 52.3 Å². The van der Waals surface area contributed by atoms with Crippen LogP contribution in [0.3, 0.4) is 0 Å². The molecule has 0 spiro atoms. The lowest BCUT2D eigenvalue weighted by molar-refractivity contribution is -0.881. The summed E-state index contributed by atoms with van der Waals surface area (Å²) < 4.78 is 5.01. The van der Waals surface area contributed by atoms with Crippen LogP contribution < -0.4 is 0 Å². The van der Waals surface area contributed by atoms with E-state index >= 15 is 0 Å². The van der Waals surface area contributed by atoms with Crippen molar-refractivity contribution in [2.75, 3.05) is 46.1 Å². The Morgan fingerprint density at radius 2 is 1.23 bits per heavy atom. The molecule has 0 fully saturated rings. The van der Waals surface area contributed by atoms with Gasteiger partial charge in [-0.2, -0.15) is 0 Å². The lowest BCUT2D eigenvalue weighted by Gasteiger charge is -2.43. The van der Waals surface area contributed by atoms with Crippen LogP contribution in [0.1, 0.15) is 96.8 Å². The highest BCUT2D eigenvalue weighted by Crippen LogP contribution is 2.13. The van der Waals surface area contributed by atoms with Gasteiger partial charge in [0, 0.05) is 45.5 Å². The standard InChI is InChI=1S/C24H51NO6/c1-2-3-4-5-6-7-8-9-10-11-20-31-22-24(29)21-23(28)14-17-25(30,15-12-18-26)16-13-19-27/h23-24,26-29H,2-22H2,1H3. The van der Waals surface area contributed by atoms with Crippen molar-refractivity contribution in [2.24, 2.45) is 0 Å². The molecule has 4 N–H and O–H groups in total. The third-order valence-corrected chi connectivity index (χ3v) is 5.81. The number of hydrogen-bond acceptors (Lipinski definition) is 6. The van der Waals surface area contributed by atoms with E-state index < -0.39 is 16.9 Å². The number of ether oxygens (including phenoxy) is 1. The molecule has 2 atom stereocenters. The zero-order valence-electron chi connectivity index (χ0n) is 20.1. The van der Waals surface area contributed by atoms with Crippen molar-refractivity contribution in [3.63, 3.8) is 0 Å². The van der Waals surface area contributed by atoms with Gasteiger partial charge in [-0.25, -0.2) is 0 Å². The van der Waals surface area contributed by atoms with Crippen LogP contribution in [0.25, 0.3) is 0 Å². The second-order valence-electron chi connectivity index (χ2n) is 8.97. The molecule has 0 aromatic rings. The van der Waals surface area contributed by atoms with Gasteiger partial charge in [0.1, 0.15) is 0 Å². The Kier molecular flexibility index (Phi) is 21.4. The molecule has 0 aromatic carbocycles. The third-order valence-electron chi connectivity index (χ3n) is 5.81. The van der Waals surface area contributed by atoms with Gasteiger partial charge in [-0.1, -0.05) is 64.7 Å². The summed E-state index contributed by atoms with van der Waals surface area (Å²) in [5, 5.41) is 50.9. The Morgan fingerprint density at radius 3 is 1.74 bits per heavy atom. The Balaban J connectivity index is 3.72. The average molecular weight is 450 g/mol. The number of rotatable bonds is 24. The normalized spacial score (nSPS) is 14.1. The van der Waals surface area contributed by atoms with Gasteiger partial charge in [0.15, 0.2) is 0 Å². The van der Waals surface area contributed by atoms with Gasteiger partial charge in [-0.05, 0) is 6.42 Å². The Labute approximate surface area is 190 Å². The number of quaternary nitrogens is 1. The zero-order valence-corrected chi connectivity index (χ0v) is 20.1. The molecule has 0 saturated carbocycles. The first-order valence-corrected chi connectivity index (χ1v) is 12.7. The lowest BCUT2D eigenvalue weighted by Crippen LogP contribution is -2.46. The zero-order chi connectivity index (χ0) is 23.2. The van der Waals surface area contributed by atoms with E-state index in [4.69, 9.17) is 14.9 Å². The van der Waals surface area contributed by atoms with E-state index in [1.54, 1.807) is 0 Å². The van der Waals surface area contributed by atoms with E-state index in [1.165, 1.54) is 51.4 Å². The minimum atomic E-state index is -0.759. The molecule has 0 amide bonds. The molecule has 0 saturated heterocycles. The highest BCUT2D eigenvalue weighted by molar-refractivity contribution is 4.64. The summed E-state index contributed by atoms with van der Waals surface area (Å²) in [7, 11) is 0. The third kappa shape index (κ3) is 20.1. The Hall–Kier alpha value is -0.280. The van der Waals surface area contributed by atoms with Crippen LogP contribution in [-0.2, 0) is 4.74 Å². The smallest absolute Gasteiger partial charge is 0.0808 e. The van der Waals surface area contributed by atoms with Crippen LogP contribution in [-0.4, -0.2) is 83.3 Å². The maximum absolute atomic E-state index is 12.7. The van der Waals surface area contributed by atoms with Crippen LogP contribution in [0.4, 0.5) is 0 Å². The molecule has 7 nitrogen and oxygen atoms in total. The Bertz CT molecular complexity index is 364. The monoisotopic (exact) mass is 449 g/mol. The molecule has 0 aromatic heterocycles. The molecule has 0 rings (SSSR count). The number of hydroxylamine groups is 3. The van der Waals surface area contributed by atoms with Crippen LogP contribution in [0, 0.1) is 5.21 Å². The summed E-state index contributed by atoms with van der Waals surface area (Å²) in [5.74, 6) is 0. The minimum absolute atomic E-state index is 0.0426. The second kappa shape index (κ2) is 21.6. The van der Waals surface area contributed by atoms with E-state index in [1.807, 2.05) is 0 Å². The van der Waals surface area contributed by atoms with Gasteiger partial charge < -0.3 is 35.0 Å². The average Bonchev–Trinajstić information content (AvgIpc) is 2.76. The molecule has 0 bridgehead atoms. The summed E-state index contributed by atoms with van der Waals surface area (Å²) in [6, 6.07) is 0. The predicted molar refractivity (Wildman–Crippen MR) is 126 cm³/mol. The van der Waals surface area contributed by atoms with Crippen molar-refractivity contribution >= 4 is 0 Å². The fourth-order valence-electron chi connectivity index (χ4n) is 3.85. The van der Waals surface area contributed by atoms with Crippen molar-refractivity contribution in [3.8, 4) is 0 Å². The molecular weight excluding hydrogens is 398 g/mol. The summed E-state index contributed by atoms with van der Waals surface area (Å²) in [5.41, 5.74) is 0. The minimum Gasteiger partial charge on any atom is -0.633 e. The van der Waals surface area contributed by atoms with Gasteiger partial charge in [0.2, 0.25) is 0 Å². The largest absolute Gasteiger partial charge is 0.633 e. The highest BCUT2D eigenvalue weighted by atomic mass is 16.5. The molecular formula is C24H51NO6. The fourth-order valence-corrected chi connectivity index (χ4v) is 3.85. The summed E-state index contributed by atoms with van der Waals surface area (Å²) >= 11 is 0. The molecule has 0 aliphatic heterocycles. The van der Waals surface area contributed by atoms with Gasteiger partial charge in [0.25, 0.3) is 0 Å². The SMILES string of the molecule is CCCCCCCCCCCCOCC(O)CC(O)CC[N+]([O-])(CCCO)CCCO. The van der Waals surface area contributed by atoms with E-state index in [0.717, 1.165) is 12.8 Å². The molecule has 7 heteroatoms. The summed E-state index contributed by atoms with van der Waals surface area (Å²) in [6.07, 6.45) is 12.5. The van der Waals surface area contributed by atoms with Crippen molar-refractivity contribution in [3.05, 3.63) is 5.21 Å². The van der Waals surface area contributed by atoms with Crippen LogP contribution in [0.5, 0.6) is 0 Å². The van der Waals surface area contributed by atoms with Crippen LogP contribution in [0.2, 0.25) is 0 Å². The van der Waals surface area contributed by atoms with Crippen molar-refractivity contribution < 1.29 is 29.8 Å². The molecule has 0 aliphatic rings. The second-order valence-corrected chi connectivity index (χ2v) is 8.97. The van der Waals surface area contributed by atoms with Gasteiger partial charge in [-0.15, -0.1) is 0 Å². The molecule has 2 unspecified atom stereocenters. The van der Waals surface area contributed by atoms with Crippen LogP contribution in [0.15, 0.2) is 0 Å². The van der Waals surface area contributed by atoms with Gasteiger partial charge in [-0.3, -0.25) is 0 Å². The predicted octanol–water partition coefficient (Wildman–Crippen LogP) is 3.51. The molecule has 188 valence electrons. The molecule has 0 aliphatic carbocycles. The quantitative estimate of drug-likeness (QED) is 0.102. The summed E-state index contributed by atoms with van der Waals surface area (Å²) in [6.45, 7) is 3.75. The first kappa shape index (κ1) is 30.7. The number of aliphatic hydroxyl groups is 4. The van der Waals surface area contributed by atoms with Crippen molar-refractivity contribution in [1.82, 2.24) is 0 Å². The van der Waals surface area contributed by atoms with Gasteiger partial charge >= 0.3 is 0 Å². The molecule has 31 heavy (non-hydrogen) atoms. The first-order chi connectivity index (χ1) is 15.0. The number of aliphatic hydroxyl groups excluding tert-OH is 4.